The summed E-state index contributed by atoms with van der Waals surface area (Å²) in [5, 5.41) is 12.9. The van der Waals surface area contributed by atoms with Crippen molar-refractivity contribution >= 4 is 39.5 Å². The average Bonchev–Trinajstić information content (AvgIpc) is 2.35. The second kappa shape index (κ2) is 7.72. The molecule has 0 aromatic heterocycles. The summed E-state index contributed by atoms with van der Waals surface area (Å²) in [5.74, 6) is -2.03. The number of halogens is 2. The Morgan fingerprint density at radius 2 is 1.95 bits per heavy atom. The van der Waals surface area contributed by atoms with Crippen LogP contribution in [0.3, 0.4) is 0 Å². The molecule has 8 heteroatoms. The largest absolute Gasteiger partial charge is 0.481 e. The van der Waals surface area contributed by atoms with Gasteiger partial charge in [0.15, 0.2) is 0 Å². The van der Waals surface area contributed by atoms with E-state index in [1.54, 1.807) is 6.92 Å². The average molecular weight is 361 g/mol. The van der Waals surface area contributed by atoms with Crippen LogP contribution in [0.25, 0.3) is 0 Å². The van der Waals surface area contributed by atoms with Gasteiger partial charge in [-0.2, -0.15) is 0 Å². The number of aliphatic carboxylic acids is 1. The highest BCUT2D eigenvalue weighted by Gasteiger charge is 2.11. The Hall–Kier alpha value is -1.96. The van der Waals surface area contributed by atoms with Gasteiger partial charge in [-0.3, -0.25) is 14.9 Å². The van der Waals surface area contributed by atoms with Crippen molar-refractivity contribution in [3.8, 4) is 0 Å². The Bertz CT molecular complexity index is 578. The molecule has 0 radical (unpaired) electrons. The number of benzene rings is 1. The molecular weight excluding hydrogens is 347 g/mol. The molecule has 0 atom stereocenters. The maximum atomic E-state index is 13.2. The highest BCUT2D eigenvalue weighted by Crippen LogP contribution is 2.24. The lowest BCUT2D eigenvalue weighted by atomic mass is 10.2. The number of imide groups is 1. The van der Waals surface area contributed by atoms with Crippen LogP contribution >= 0.6 is 15.9 Å². The van der Waals surface area contributed by atoms with Crippen molar-refractivity contribution in [2.75, 3.05) is 5.32 Å². The van der Waals surface area contributed by atoms with Crippen LogP contribution < -0.4 is 10.6 Å². The monoisotopic (exact) mass is 360 g/mol. The number of nitrogens with one attached hydrogen (secondary N) is 2. The van der Waals surface area contributed by atoms with Gasteiger partial charge in [-0.1, -0.05) is 0 Å². The first-order valence-electron chi connectivity index (χ1n) is 6.08. The first-order valence-corrected chi connectivity index (χ1v) is 6.87. The van der Waals surface area contributed by atoms with E-state index in [1.165, 1.54) is 12.1 Å². The lowest BCUT2D eigenvalue weighted by molar-refractivity contribution is -0.137. The minimum Gasteiger partial charge on any atom is -0.481 e. The van der Waals surface area contributed by atoms with Crippen LogP contribution in [0.1, 0.15) is 24.8 Å². The SMILES string of the molecule is Cc1cc(F)c(Br)cc1NC(=O)NC(=O)CCCC(=O)O. The summed E-state index contributed by atoms with van der Waals surface area (Å²) < 4.78 is 13.4. The van der Waals surface area contributed by atoms with Crippen molar-refractivity contribution in [2.45, 2.75) is 26.2 Å². The van der Waals surface area contributed by atoms with Gasteiger partial charge in [-0.15, -0.1) is 0 Å². The zero-order valence-electron chi connectivity index (χ0n) is 11.2. The fourth-order valence-electron chi connectivity index (χ4n) is 1.52. The van der Waals surface area contributed by atoms with E-state index in [9.17, 15) is 18.8 Å². The van der Waals surface area contributed by atoms with Gasteiger partial charge in [-0.25, -0.2) is 9.18 Å². The molecule has 6 nitrogen and oxygen atoms in total. The van der Waals surface area contributed by atoms with Crippen molar-refractivity contribution in [3.63, 3.8) is 0 Å². The van der Waals surface area contributed by atoms with Gasteiger partial charge < -0.3 is 10.4 Å². The molecule has 0 aliphatic heterocycles. The minimum atomic E-state index is -1.00. The molecule has 0 aliphatic rings. The Labute approximate surface area is 128 Å². The predicted octanol–water partition coefficient (Wildman–Crippen LogP) is 2.80. The van der Waals surface area contributed by atoms with E-state index < -0.39 is 23.7 Å². The quantitative estimate of drug-likeness (QED) is 0.752. The van der Waals surface area contributed by atoms with Crippen molar-refractivity contribution in [2.24, 2.45) is 0 Å². The molecular formula is C13H14BrFN2O4. The highest BCUT2D eigenvalue weighted by molar-refractivity contribution is 9.10. The third-order valence-corrected chi connectivity index (χ3v) is 3.17. The molecule has 0 bridgehead atoms. The van der Waals surface area contributed by atoms with Gasteiger partial charge in [0.2, 0.25) is 5.91 Å². The molecule has 114 valence electrons. The first kappa shape index (κ1) is 17.1. The number of aryl methyl sites for hydroxylation is 1. The molecule has 3 N–H and O–H groups in total. The first-order chi connectivity index (χ1) is 9.79. The second-order valence-electron chi connectivity index (χ2n) is 4.33. The normalized spacial score (nSPS) is 10.0. The summed E-state index contributed by atoms with van der Waals surface area (Å²) in [6, 6.07) is 1.88. The molecule has 0 saturated heterocycles. The molecule has 0 saturated carbocycles. The molecule has 0 aliphatic carbocycles. The zero-order chi connectivity index (χ0) is 16.0. The van der Waals surface area contributed by atoms with E-state index in [0.29, 0.717) is 11.3 Å². The van der Waals surface area contributed by atoms with Crippen LogP contribution in [0.4, 0.5) is 14.9 Å². The summed E-state index contributed by atoms with van der Waals surface area (Å²) in [6.07, 6.45) is -0.0551. The van der Waals surface area contributed by atoms with Crippen molar-refractivity contribution in [3.05, 3.63) is 28.0 Å². The van der Waals surface area contributed by atoms with Crippen LogP contribution in [0.15, 0.2) is 16.6 Å². The third kappa shape index (κ3) is 5.90. The van der Waals surface area contributed by atoms with E-state index >= 15 is 0 Å². The molecule has 0 heterocycles. The molecule has 0 unspecified atom stereocenters. The van der Waals surface area contributed by atoms with Crippen molar-refractivity contribution in [1.29, 1.82) is 0 Å². The maximum Gasteiger partial charge on any atom is 0.325 e. The van der Waals surface area contributed by atoms with Crippen LogP contribution in [0, 0.1) is 12.7 Å². The topological polar surface area (TPSA) is 95.5 Å². The van der Waals surface area contributed by atoms with Crippen molar-refractivity contribution < 1.29 is 23.9 Å². The highest BCUT2D eigenvalue weighted by atomic mass is 79.9. The Balaban J connectivity index is 2.52. The summed E-state index contributed by atoms with van der Waals surface area (Å²) in [7, 11) is 0. The van der Waals surface area contributed by atoms with Crippen LogP contribution in [-0.4, -0.2) is 23.0 Å². The van der Waals surface area contributed by atoms with E-state index in [1.807, 2.05) is 0 Å². The number of hydrogen-bond acceptors (Lipinski definition) is 3. The fourth-order valence-corrected chi connectivity index (χ4v) is 1.87. The molecule has 3 amide bonds. The minimum absolute atomic E-state index is 0.0637. The molecule has 0 spiro atoms. The van der Waals surface area contributed by atoms with Crippen LogP contribution in [0.5, 0.6) is 0 Å². The number of carboxylic acids is 1. The molecule has 1 rings (SSSR count). The van der Waals surface area contributed by atoms with Crippen LogP contribution in [-0.2, 0) is 9.59 Å². The van der Waals surface area contributed by atoms with Gasteiger partial charge in [0, 0.05) is 18.5 Å². The predicted molar refractivity (Wildman–Crippen MR) is 77.5 cm³/mol. The summed E-state index contributed by atoms with van der Waals surface area (Å²) in [4.78, 5) is 33.3. The summed E-state index contributed by atoms with van der Waals surface area (Å²) >= 11 is 3.00. The van der Waals surface area contributed by atoms with E-state index in [2.05, 4.69) is 26.6 Å². The summed E-state index contributed by atoms with van der Waals surface area (Å²) in [6.45, 7) is 1.61. The smallest absolute Gasteiger partial charge is 0.325 e. The van der Waals surface area contributed by atoms with Gasteiger partial charge in [-0.05, 0) is 47.0 Å². The third-order valence-electron chi connectivity index (χ3n) is 2.56. The lowest BCUT2D eigenvalue weighted by Gasteiger charge is -2.10. The number of hydrogen-bond donors (Lipinski definition) is 3. The number of rotatable bonds is 5. The van der Waals surface area contributed by atoms with Gasteiger partial charge >= 0.3 is 12.0 Å². The number of carbonyl (C=O) groups excluding carboxylic acids is 2. The maximum absolute atomic E-state index is 13.2. The zero-order valence-corrected chi connectivity index (χ0v) is 12.8. The molecule has 21 heavy (non-hydrogen) atoms. The Kier molecular flexibility index (Phi) is 6.29. The van der Waals surface area contributed by atoms with Crippen molar-refractivity contribution in [1.82, 2.24) is 5.32 Å². The number of urea groups is 1. The molecule has 1 aromatic carbocycles. The van der Waals surface area contributed by atoms with Crippen LogP contribution in [0.2, 0.25) is 0 Å². The van der Waals surface area contributed by atoms with Gasteiger partial charge in [0.05, 0.1) is 4.47 Å². The summed E-state index contributed by atoms with van der Waals surface area (Å²) in [5.41, 5.74) is 0.864. The standard InChI is InChI=1S/C13H14BrFN2O4/c1-7-5-9(15)8(14)6-10(7)16-13(21)17-11(18)3-2-4-12(19)20/h5-6H,2-4H2,1H3,(H,19,20)(H2,16,17,18,21). The molecule has 1 aromatic rings. The molecule has 0 fully saturated rings. The number of carbonyl (C=O) groups is 3. The van der Waals surface area contributed by atoms with E-state index in [4.69, 9.17) is 5.11 Å². The number of carboxylic acid groups (broad SMARTS) is 1. The van der Waals surface area contributed by atoms with E-state index in [-0.39, 0.29) is 23.7 Å². The fraction of sp³-hybridized carbons (Fsp3) is 0.308. The lowest BCUT2D eigenvalue weighted by Crippen LogP contribution is -2.34. The van der Waals surface area contributed by atoms with E-state index in [0.717, 1.165) is 0 Å². The Morgan fingerprint density at radius 1 is 1.29 bits per heavy atom. The second-order valence-corrected chi connectivity index (χ2v) is 5.19. The number of anilines is 1. The number of amides is 3. The Morgan fingerprint density at radius 3 is 2.57 bits per heavy atom. The van der Waals surface area contributed by atoms with Gasteiger partial charge in [0.1, 0.15) is 5.82 Å². The van der Waals surface area contributed by atoms with Gasteiger partial charge in [0.25, 0.3) is 0 Å².